The second kappa shape index (κ2) is 6.03. The quantitative estimate of drug-likeness (QED) is 0.739. The molecule has 128 valence electrons. The average molecular weight is 341 g/mol. The van der Waals surface area contributed by atoms with Crippen LogP contribution in [0.1, 0.15) is 21.7 Å². The molecule has 1 aliphatic heterocycles. The van der Waals surface area contributed by atoms with Crippen molar-refractivity contribution in [3.63, 3.8) is 0 Å². The second-order valence-corrected chi connectivity index (χ2v) is 5.60. The van der Waals surface area contributed by atoms with E-state index in [0.29, 0.717) is 28.4 Å². The van der Waals surface area contributed by atoms with Crippen molar-refractivity contribution < 1.29 is 28.2 Å². The number of carbonyl (C=O) groups is 1. The van der Waals surface area contributed by atoms with Crippen molar-refractivity contribution in [1.82, 2.24) is 5.32 Å². The smallest absolute Gasteiger partial charge is 0.251 e. The zero-order valence-corrected chi connectivity index (χ0v) is 13.1. The zero-order valence-electron chi connectivity index (χ0n) is 13.1. The van der Waals surface area contributed by atoms with Crippen molar-refractivity contribution in [3.8, 4) is 11.5 Å². The lowest BCUT2D eigenvalue weighted by atomic mass is 9.93. The van der Waals surface area contributed by atoms with Crippen molar-refractivity contribution in [2.24, 2.45) is 0 Å². The van der Waals surface area contributed by atoms with E-state index in [1.807, 2.05) is 0 Å². The van der Waals surface area contributed by atoms with Gasteiger partial charge in [-0.25, -0.2) is 0 Å². The van der Waals surface area contributed by atoms with E-state index in [1.165, 1.54) is 18.8 Å². The van der Waals surface area contributed by atoms with Crippen LogP contribution >= 0.6 is 0 Å². The minimum Gasteiger partial charge on any atom is -0.472 e. The maximum absolute atomic E-state index is 12.5. The summed E-state index contributed by atoms with van der Waals surface area (Å²) < 4.78 is 20.9. The summed E-state index contributed by atoms with van der Waals surface area (Å²) in [6.45, 7) is 0.0481. The van der Waals surface area contributed by atoms with E-state index in [9.17, 15) is 9.90 Å². The van der Waals surface area contributed by atoms with E-state index in [2.05, 4.69) is 5.32 Å². The molecule has 7 nitrogen and oxygen atoms in total. The third kappa shape index (κ3) is 2.74. The van der Waals surface area contributed by atoms with Crippen molar-refractivity contribution >= 4 is 5.91 Å². The van der Waals surface area contributed by atoms with Crippen molar-refractivity contribution in [2.75, 3.05) is 13.3 Å². The number of furan rings is 2. The summed E-state index contributed by atoms with van der Waals surface area (Å²) in [7, 11) is 0. The largest absolute Gasteiger partial charge is 0.472 e. The molecule has 0 saturated heterocycles. The number of aliphatic hydroxyl groups is 1. The van der Waals surface area contributed by atoms with Gasteiger partial charge in [0.2, 0.25) is 6.79 Å². The highest BCUT2D eigenvalue weighted by atomic mass is 16.7. The molecule has 4 rings (SSSR count). The summed E-state index contributed by atoms with van der Waals surface area (Å²) in [4.78, 5) is 12.5. The van der Waals surface area contributed by atoms with Crippen molar-refractivity contribution in [1.29, 1.82) is 0 Å². The average Bonchev–Trinajstić information content (AvgIpc) is 3.40. The van der Waals surface area contributed by atoms with Crippen LogP contribution in [-0.4, -0.2) is 24.4 Å². The van der Waals surface area contributed by atoms with Gasteiger partial charge in [-0.1, -0.05) is 0 Å². The summed E-state index contributed by atoms with van der Waals surface area (Å²) >= 11 is 0. The predicted molar refractivity (Wildman–Crippen MR) is 85.3 cm³/mol. The van der Waals surface area contributed by atoms with Crippen LogP contribution < -0.4 is 14.8 Å². The lowest BCUT2D eigenvalue weighted by molar-refractivity contribution is 0.0520. The summed E-state index contributed by atoms with van der Waals surface area (Å²) in [6, 6.07) is 9.83. The van der Waals surface area contributed by atoms with Gasteiger partial charge < -0.3 is 28.7 Å². The third-order valence-corrected chi connectivity index (χ3v) is 4.07. The molecule has 1 amide bonds. The van der Waals surface area contributed by atoms with E-state index in [-0.39, 0.29) is 19.2 Å². The molecule has 25 heavy (non-hydrogen) atoms. The Morgan fingerprint density at radius 2 is 2.04 bits per heavy atom. The van der Waals surface area contributed by atoms with Gasteiger partial charge in [-0.05, 0) is 36.4 Å². The molecule has 0 radical (unpaired) electrons. The van der Waals surface area contributed by atoms with Gasteiger partial charge in [0, 0.05) is 11.1 Å². The maximum Gasteiger partial charge on any atom is 0.251 e. The Morgan fingerprint density at radius 1 is 1.16 bits per heavy atom. The molecule has 3 aromatic rings. The van der Waals surface area contributed by atoms with Crippen LogP contribution in [0.15, 0.2) is 64.0 Å². The molecule has 0 unspecified atom stereocenters. The number of hydrogen-bond donors (Lipinski definition) is 2. The van der Waals surface area contributed by atoms with Gasteiger partial charge in [-0.2, -0.15) is 0 Å². The van der Waals surface area contributed by atoms with Gasteiger partial charge in [0.05, 0.1) is 25.3 Å². The zero-order chi connectivity index (χ0) is 17.3. The van der Waals surface area contributed by atoms with Gasteiger partial charge in [-0.3, -0.25) is 4.79 Å². The molecule has 0 spiro atoms. The summed E-state index contributed by atoms with van der Waals surface area (Å²) in [5.74, 6) is 1.07. The molecule has 1 aromatic carbocycles. The highest BCUT2D eigenvalue weighted by Gasteiger charge is 2.36. The molecule has 0 saturated carbocycles. The topological polar surface area (TPSA) is 94.1 Å². The van der Waals surface area contributed by atoms with Crippen molar-refractivity contribution in [2.45, 2.75) is 5.60 Å². The third-order valence-electron chi connectivity index (χ3n) is 4.07. The number of benzene rings is 1. The van der Waals surface area contributed by atoms with E-state index in [4.69, 9.17) is 18.3 Å². The number of carbonyl (C=O) groups excluding carboxylic acids is 1. The number of nitrogens with one attached hydrogen (secondary N) is 1. The van der Waals surface area contributed by atoms with Gasteiger partial charge in [0.1, 0.15) is 5.76 Å². The number of hydrogen-bond acceptors (Lipinski definition) is 6. The summed E-state index contributed by atoms with van der Waals surface area (Å²) in [6.07, 6.45) is 4.32. The summed E-state index contributed by atoms with van der Waals surface area (Å²) in [5.41, 5.74) is -0.658. The minimum absolute atomic E-state index is 0.0900. The fourth-order valence-electron chi connectivity index (χ4n) is 2.69. The van der Waals surface area contributed by atoms with Gasteiger partial charge in [-0.15, -0.1) is 0 Å². The van der Waals surface area contributed by atoms with Crippen LogP contribution in [0.25, 0.3) is 0 Å². The van der Waals surface area contributed by atoms with Crippen LogP contribution in [-0.2, 0) is 5.60 Å². The van der Waals surface area contributed by atoms with Crippen molar-refractivity contribution in [3.05, 3.63) is 72.1 Å². The highest BCUT2D eigenvalue weighted by molar-refractivity contribution is 5.95. The molecule has 7 heteroatoms. The molecule has 2 N–H and O–H groups in total. The van der Waals surface area contributed by atoms with Gasteiger partial charge in [0.25, 0.3) is 5.91 Å². The number of amides is 1. The molecular weight excluding hydrogens is 326 g/mol. The Kier molecular flexibility index (Phi) is 3.70. The molecular formula is C18H15NO6. The standard InChI is InChI=1S/C18H15NO6/c20-17(12-3-4-14-15(8-12)25-11-24-14)19-10-18(21,13-5-7-22-9-13)16-2-1-6-23-16/h1-9,21H,10-11H2,(H,19,20)/t18-/m0/s1. The predicted octanol–water partition coefficient (Wildman–Crippen LogP) is 2.27. The number of fused-ring (bicyclic) bond motifs is 1. The lowest BCUT2D eigenvalue weighted by Gasteiger charge is -2.25. The normalized spacial score (nSPS) is 14.9. The van der Waals surface area contributed by atoms with E-state index in [0.717, 1.165) is 0 Å². The molecule has 1 atom stereocenters. The Bertz CT molecular complexity index is 835. The van der Waals surface area contributed by atoms with E-state index >= 15 is 0 Å². The Balaban J connectivity index is 1.55. The first-order valence-corrected chi connectivity index (χ1v) is 7.64. The first-order chi connectivity index (χ1) is 12.2. The Labute approximate surface area is 142 Å². The SMILES string of the molecule is O=C(NC[C@](O)(c1ccoc1)c1ccco1)c1ccc2c(c1)OCO2. The number of ether oxygens (including phenoxy) is 2. The first kappa shape index (κ1) is 15.3. The van der Waals surface area contributed by atoms with Gasteiger partial charge in [0.15, 0.2) is 17.1 Å². The molecule has 0 fully saturated rings. The van der Waals surface area contributed by atoms with Crippen LogP contribution in [0.2, 0.25) is 0 Å². The molecule has 0 bridgehead atoms. The molecule has 3 heterocycles. The van der Waals surface area contributed by atoms with Crippen LogP contribution in [0.3, 0.4) is 0 Å². The fraction of sp³-hybridized carbons (Fsp3) is 0.167. The fourth-order valence-corrected chi connectivity index (χ4v) is 2.69. The Morgan fingerprint density at radius 3 is 2.80 bits per heavy atom. The monoisotopic (exact) mass is 341 g/mol. The number of rotatable bonds is 5. The van der Waals surface area contributed by atoms with E-state index < -0.39 is 5.60 Å². The molecule has 1 aliphatic rings. The molecule has 0 aliphatic carbocycles. The highest BCUT2D eigenvalue weighted by Crippen LogP contribution is 2.33. The van der Waals surface area contributed by atoms with E-state index in [1.54, 1.807) is 36.4 Å². The van der Waals surface area contributed by atoms with Crippen LogP contribution in [0.4, 0.5) is 0 Å². The van der Waals surface area contributed by atoms with Crippen LogP contribution in [0.5, 0.6) is 11.5 Å². The second-order valence-electron chi connectivity index (χ2n) is 5.60. The maximum atomic E-state index is 12.5. The Hall–Kier alpha value is -3.19. The first-order valence-electron chi connectivity index (χ1n) is 7.64. The lowest BCUT2D eigenvalue weighted by Crippen LogP contribution is -2.41. The molecule has 2 aromatic heterocycles. The minimum atomic E-state index is -1.54. The van der Waals surface area contributed by atoms with Crippen LogP contribution in [0, 0.1) is 0 Å². The van der Waals surface area contributed by atoms with Gasteiger partial charge >= 0.3 is 0 Å². The summed E-state index contributed by atoms with van der Waals surface area (Å²) in [5, 5.41) is 13.8.